The number of aromatic nitrogens is 2. The minimum absolute atomic E-state index is 0.0625. The molecule has 3 rings (SSSR count). The van der Waals surface area contributed by atoms with Gasteiger partial charge in [-0.25, -0.2) is 8.78 Å². The van der Waals surface area contributed by atoms with Crippen molar-refractivity contribution in [3.05, 3.63) is 35.9 Å². The predicted molar refractivity (Wildman–Crippen MR) is 93.4 cm³/mol. The van der Waals surface area contributed by atoms with Crippen LogP contribution >= 0.6 is 0 Å². The number of hydrogen-bond donors (Lipinski definition) is 2. The molecule has 1 aliphatic rings. The monoisotopic (exact) mass is 349 g/mol. The Kier molecular flexibility index (Phi) is 4.87. The second-order valence-corrected chi connectivity index (χ2v) is 5.99. The van der Waals surface area contributed by atoms with Gasteiger partial charge >= 0.3 is 0 Å². The molecule has 1 saturated heterocycles. The van der Waals surface area contributed by atoms with Crippen LogP contribution in [0.3, 0.4) is 0 Å². The number of hydrogen-bond acceptors (Lipinski definition) is 6. The van der Waals surface area contributed by atoms with Crippen LogP contribution < -0.4 is 20.7 Å². The van der Waals surface area contributed by atoms with Crippen LogP contribution in [0.2, 0.25) is 0 Å². The van der Waals surface area contributed by atoms with Crippen molar-refractivity contribution in [1.82, 2.24) is 9.97 Å². The summed E-state index contributed by atoms with van der Waals surface area (Å²) in [6.45, 7) is 0.515. The lowest BCUT2D eigenvalue weighted by Crippen LogP contribution is -2.26. The number of methoxy groups -OCH3 is 1. The number of alkyl halides is 2. The van der Waals surface area contributed by atoms with E-state index in [-0.39, 0.29) is 25.5 Å². The SMILES string of the molecule is COc1ccccc1CCNc1cc(N2CCC(F)(F)C2)nc(N)n1. The van der Waals surface area contributed by atoms with E-state index < -0.39 is 5.92 Å². The Bertz CT molecular complexity index is 741. The lowest BCUT2D eigenvalue weighted by atomic mass is 10.1. The number of nitrogens with two attached hydrogens (primary N) is 1. The minimum atomic E-state index is -2.68. The molecule has 1 aromatic heterocycles. The molecule has 2 heterocycles. The molecular weight excluding hydrogens is 328 g/mol. The van der Waals surface area contributed by atoms with Crippen LogP contribution in [0, 0.1) is 0 Å². The van der Waals surface area contributed by atoms with Gasteiger partial charge in [-0.3, -0.25) is 0 Å². The smallest absolute Gasteiger partial charge is 0.266 e. The molecule has 6 nitrogen and oxygen atoms in total. The zero-order valence-corrected chi connectivity index (χ0v) is 14.0. The van der Waals surface area contributed by atoms with Gasteiger partial charge in [-0.1, -0.05) is 18.2 Å². The molecule has 0 unspecified atom stereocenters. The summed E-state index contributed by atoms with van der Waals surface area (Å²) in [6.07, 6.45) is 0.554. The highest BCUT2D eigenvalue weighted by atomic mass is 19.3. The number of halogens is 2. The fourth-order valence-electron chi connectivity index (χ4n) is 2.87. The van der Waals surface area contributed by atoms with Crippen molar-refractivity contribution in [2.75, 3.05) is 42.7 Å². The Balaban J connectivity index is 1.65. The van der Waals surface area contributed by atoms with Crippen molar-refractivity contribution in [1.29, 1.82) is 0 Å². The molecule has 2 aromatic rings. The average molecular weight is 349 g/mol. The third-order valence-corrected chi connectivity index (χ3v) is 4.12. The molecule has 3 N–H and O–H groups in total. The maximum absolute atomic E-state index is 13.4. The number of rotatable bonds is 6. The molecule has 1 aromatic carbocycles. The maximum atomic E-state index is 13.4. The van der Waals surface area contributed by atoms with Crippen LogP contribution in [0.4, 0.5) is 26.4 Å². The van der Waals surface area contributed by atoms with Crippen LogP contribution in [0.1, 0.15) is 12.0 Å². The predicted octanol–water partition coefficient (Wildman–Crippen LogP) is 2.57. The lowest BCUT2D eigenvalue weighted by Gasteiger charge is -2.18. The Labute approximate surface area is 145 Å². The van der Waals surface area contributed by atoms with Crippen LogP contribution in [0.15, 0.2) is 30.3 Å². The summed E-state index contributed by atoms with van der Waals surface area (Å²) in [5.41, 5.74) is 6.80. The number of anilines is 3. The fourth-order valence-corrected chi connectivity index (χ4v) is 2.87. The lowest BCUT2D eigenvalue weighted by molar-refractivity contribution is 0.0256. The van der Waals surface area contributed by atoms with Gasteiger partial charge in [-0.2, -0.15) is 9.97 Å². The van der Waals surface area contributed by atoms with E-state index in [0.717, 1.165) is 17.7 Å². The first kappa shape index (κ1) is 17.2. The van der Waals surface area contributed by atoms with Gasteiger partial charge in [-0.15, -0.1) is 0 Å². The standard InChI is InChI=1S/C17H21F2N5O/c1-25-13-5-3-2-4-12(13)6-8-21-14-10-15(23-16(20)22-14)24-9-7-17(18,19)11-24/h2-5,10H,6-9,11H2,1H3,(H3,20,21,22,23). The first-order valence-corrected chi connectivity index (χ1v) is 8.10. The topological polar surface area (TPSA) is 76.3 Å². The number of benzene rings is 1. The quantitative estimate of drug-likeness (QED) is 0.835. The maximum Gasteiger partial charge on any atom is 0.266 e. The van der Waals surface area contributed by atoms with Gasteiger partial charge < -0.3 is 20.7 Å². The van der Waals surface area contributed by atoms with Crippen molar-refractivity contribution in [2.24, 2.45) is 0 Å². The zero-order valence-electron chi connectivity index (χ0n) is 14.0. The van der Waals surface area contributed by atoms with Crippen molar-refractivity contribution >= 4 is 17.6 Å². The Morgan fingerprint density at radius 1 is 1.32 bits per heavy atom. The van der Waals surface area contributed by atoms with E-state index in [0.29, 0.717) is 18.2 Å². The van der Waals surface area contributed by atoms with E-state index >= 15 is 0 Å². The molecule has 8 heteroatoms. The summed E-state index contributed by atoms with van der Waals surface area (Å²) in [6, 6.07) is 9.42. The molecule has 0 spiro atoms. The molecule has 1 aliphatic heterocycles. The van der Waals surface area contributed by atoms with Crippen LogP contribution in [0.5, 0.6) is 5.75 Å². The fraction of sp³-hybridized carbons (Fsp3) is 0.412. The van der Waals surface area contributed by atoms with Crippen molar-refractivity contribution < 1.29 is 13.5 Å². The summed E-state index contributed by atoms with van der Waals surface area (Å²) >= 11 is 0. The Morgan fingerprint density at radius 3 is 2.84 bits per heavy atom. The number of nitrogens with one attached hydrogen (secondary N) is 1. The van der Waals surface area contributed by atoms with Gasteiger partial charge in [0.25, 0.3) is 5.92 Å². The van der Waals surface area contributed by atoms with Gasteiger partial charge in [0.1, 0.15) is 17.4 Å². The molecule has 0 aliphatic carbocycles. The molecule has 25 heavy (non-hydrogen) atoms. The molecule has 0 amide bonds. The zero-order chi connectivity index (χ0) is 17.9. The van der Waals surface area contributed by atoms with E-state index in [2.05, 4.69) is 15.3 Å². The van der Waals surface area contributed by atoms with Crippen molar-refractivity contribution in [2.45, 2.75) is 18.8 Å². The molecule has 134 valence electrons. The van der Waals surface area contributed by atoms with E-state index in [1.54, 1.807) is 13.2 Å². The molecule has 0 bridgehead atoms. The van der Waals surface area contributed by atoms with Crippen LogP contribution in [-0.4, -0.2) is 42.6 Å². The van der Waals surface area contributed by atoms with Gasteiger partial charge in [0.05, 0.1) is 13.7 Å². The van der Waals surface area contributed by atoms with Gasteiger partial charge in [0.2, 0.25) is 5.95 Å². The summed E-state index contributed by atoms with van der Waals surface area (Å²) in [4.78, 5) is 9.73. The van der Waals surface area contributed by atoms with Crippen LogP contribution in [-0.2, 0) is 6.42 Å². The second-order valence-electron chi connectivity index (χ2n) is 5.99. The molecule has 1 fully saturated rings. The highest BCUT2D eigenvalue weighted by Crippen LogP contribution is 2.30. The molecule has 0 saturated carbocycles. The summed E-state index contributed by atoms with van der Waals surface area (Å²) in [5, 5.41) is 3.17. The third kappa shape index (κ3) is 4.26. The number of ether oxygens (including phenoxy) is 1. The summed E-state index contributed by atoms with van der Waals surface area (Å²) < 4.78 is 32.1. The van der Waals surface area contributed by atoms with Crippen molar-refractivity contribution in [3.8, 4) is 5.75 Å². The van der Waals surface area contributed by atoms with Crippen molar-refractivity contribution in [3.63, 3.8) is 0 Å². The van der Waals surface area contributed by atoms with Gasteiger partial charge in [-0.05, 0) is 18.1 Å². The normalized spacial score (nSPS) is 16.0. The average Bonchev–Trinajstić information content (AvgIpc) is 2.95. The molecular formula is C17H21F2N5O. The Hall–Kier alpha value is -2.64. The highest BCUT2D eigenvalue weighted by molar-refractivity contribution is 5.53. The Morgan fingerprint density at radius 2 is 2.12 bits per heavy atom. The number of para-hydroxylation sites is 1. The number of nitrogen functional groups attached to an aromatic ring is 1. The highest BCUT2D eigenvalue weighted by Gasteiger charge is 2.38. The summed E-state index contributed by atoms with van der Waals surface area (Å²) in [5.74, 6) is -0.854. The first-order chi connectivity index (χ1) is 12.0. The van der Waals surface area contributed by atoms with E-state index in [4.69, 9.17) is 10.5 Å². The van der Waals surface area contributed by atoms with E-state index in [1.807, 2.05) is 24.3 Å². The van der Waals surface area contributed by atoms with E-state index in [1.165, 1.54) is 4.90 Å². The third-order valence-electron chi connectivity index (χ3n) is 4.12. The molecule has 0 atom stereocenters. The minimum Gasteiger partial charge on any atom is -0.496 e. The molecule has 0 radical (unpaired) electrons. The van der Waals surface area contributed by atoms with Gasteiger partial charge in [0.15, 0.2) is 0 Å². The first-order valence-electron chi connectivity index (χ1n) is 8.10. The number of nitrogens with zero attached hydrogens (tertiary/aromatic N) is 3. The summed E-state index contributed by atoms with van der Waals surface area (Å²) in [7, 11) is 1.63. The van der Waals surface area contributed by atoms with E-state index in [9.17, 15) is 8.78 Å². The van der Waals surface area contributed by atoms with Gasteiger partial charge in [0, 0.05) is 25.6 Å². The second kappa shape index (κ2) is 7.08. The largest absolute Gasteiger partial charge is 0.496 e. The van der Waals surface area contributed by atoms with Crippen LogP contribution in [0.25, 0.3) is 0 Å².